The summed E-state index contributed by atoms with van der Waals surface area (Å²) in [5, 5.41) is 2.82. The SMILES string of the molecule is COc1ccc(CNC(=O)[C@@H](C)N(Cc2ccco2)C(=O)c2snc(C(N)=O)c2N)cc1. The molecule has 0 fully saturated rings. The van der Waals surface area contributed by atoms with E-state index in [1.54, 1.807) is 38.3 Å². The van der Waals surface area contributed by atoms with Crippen LogP contribution >= 0.6 is 11.5 Å². The molecule has 3 aromatic rings. The molecule has 10 nitrogen and oxygen atoms in total. The number of aromatic nitrogens is 1. The van der Waals surface area contributed by atoms with Gasteiger partial charge < -0.3 is 30.8 Å². The minimum atomic E-state index is -0.871. The summed E-state index contributed by atoms with van der Waals surface area (Å²) in [4.78, 5) is 38.9. The van der Waals surface area contributed by atoms with E-state index in [0.29, 0.717) is 11.5 Å². The first kappa shape index (κ1) is 22.8. The maximum Gasteiger partial charge on any atom is 0.270 e. The lowest BCUT2D eigenvalue weighted by Crippen LogP contribution is -2.47. The van der Waals surface area contributed by atoms with Crippen molar-refractivity contribution in [3.63, 3.8) is 0 Å². The summed E-state index contributed by atoms with van der Waals surface area (Å²) in [5.74, 6) is -0.580. The summed E-state index contributed by atoms with van der Waals surface area (Å²) in [5.41, 5.74) is 11.8. The van der Waals surface area contributed by atoms with E-state index in [9.17, 15) is 14.4 Å². The number of nitrogens with one attached hydrogen (secondary N) is 1. The number of nitrogen functional groups attached to an aromatic ring is 1. The Morgan fingerprint density at radius 2 is 1.97 bits per heavy atom. The van der Waals surface area contributed by atoms with Gasteiger partial charge in [-0.1, -0.05) is 12.1 Å². The van der Waals surface area contributed by atoms with Crippen molar-refractivity contribution in [1.82, 2.24) is 14.6 Å². The zero-order valence-electron chi connectivity index (χ0n) is 17.5. The van der Waals surface area contributed by atoms with Crippen LogP contribution in [0.5, 0.6) is 5.75 Å². The summed E-state index contributed by atoms with van der Waals surface area (Å²) in [6, 6.07) is 9.74. The maximum absolute atomic E-state index is 13.2. The molecule has 5 N–H and O–H groups in total. The van der Waals surface area contributed by atoms with E-state index in [2.05, 4.69) is 9.69 Å². The van der Waals surface area contributed by atoms with Crippen LogP contribution in [0.25, 0.3) is 0 Å². The second kappa shape index (κ2) is 9.96. The molecule has 11 heteroatoms. The molecule has 0 unspecified atom stereocenters. The number of carbonyl (C=O) groups excluding carboxylic acids is 3. The first-order valence-electron chi connectivity index (χ1n) is 9.60. The average molecular weight is 458 g/mol. The molecule has 0 saturated heterocycles. The van der Waals surface area contributed by atoms with Crippen LogP contribution in [0.1, 0.15) is 38.4 Å². The number of anilines is 1. The van der Waals surface area contributed by atoms with Crippen molar-refractivity contribution in [2.45, 2.75) is 26.1 Å². The minimum absolute atomic E-state index is 0.0200. The molecule has 2 heterocycles. The van der Waals surface area contributed by atoms with Gasteiger partial charge in [0.2, 0.25) is 5.91 Å². The number of methoxy groups -OCH3 is 1. The van der Waals surface area contributed by atoms with Crippen LogP contribution in [0.2, 0.25) is 0 Å². The topological polar surface area (TPSA) is 154 Å². The van der Waals surface area contributed by atoms with Gasteiger partial charge in [0.15, 0.2) is 5.69 Å². The lowest BCUT2D eigenvalue weighted by molar-refractivity contribution is -0.125. The number of ether oxygens (including phenoxy) is 1. The Labute approximate surface area is 188 Å². The second-order valence-corrected chi connectivity index (χ2v) is 7.67. The molecule has 0 aliphatic rings. The third-order valence-electron chi connectivity index (χ3n) is 4.80. The van der Waals surface area contributed by atoms with E-state index in [1.807, 2.05) is 12.1 Å². The molecule has 1 atom stereocenters. The number of nitrogens with zero attached hydrogens (tertiary/aromatic N) is 2. The molecule has 32 heavy (non-hydrogen) atoms. The lowest BCUT2D eigenvalue weighted by Gasteiger charge is -2.27. The highest BCUT2D eigenvalue weighted by Gasteiger charge is 2.31. The van der Waals surface area contributed by atoms with Gasteiger partial charge >= 0.3 is 0 Å². The van der Waals surface area contributed by atoms with E-state index in [4.69, 9.17) is 20.6 Å². The van der Waals surface area contributed by atoms with Crippen LogP contribution in [0.3, 0.4) is 0 Å². The van der Waals surface area contributed by atoms with E-state index in [0.717, 1.165) is 17.1 Å². The van der Waals surface area contributed by atoms with Crippen molar-refractivity contribution < 1.29 is 23.5 Å². The van der Waals surface area contributed by atoms with Crippen LogP contribution in [0.4, 0.5) is 5.69 Å². The highest BCUT2D eigenvalue weighted by molar-refractivity contribution is 7.09. The van der Waals surface area contributed by atoms with Gasteiger partial charge in [0.05, 0.1) is 25.6 Å². The van der Waals surface area contributed by atoms with Crippen molar-refractivity contribution in [3.05, 3.63) is 64.6 Å². The molecular weight excluding hydrogens is 434 g/mol. The van der Waals surface area contributed by atoms with Crippen molar-refractivity contribution in [1.29, 1.82) is 0 Å². The monoisotopic (exact) mass is 457 g/mol. The number of furan rings is 1. The maximum atomic E-state index is 13.2. The van der Waals surface area contributed by atoms with Gasteiger partial charge in [-0.25, -0.2) is 0 Å². The standard InChI is InChI=1S/C21H23N5O5S/c1-12(20(28)24-10-13-5-7-14(30-2)8-6-13)26(11-15-4-3-9-31-15)21(29)18-16(22)17(19(23)27)25-32-18/h3-9,12H,10-11,22H2,1-2H3,(H2,23,27)(H,24,28)/t12-/m1/s1. The number of hydrogen-bond acceptors (Lipinski definition) is 8. The highest BCUT2D eigenvalue weighted by atomic mass is 32.1. The van der Waals surface area contributed by atoms with E-state index in [1.165, 1.54) is 11.2 Å². The normalized spacial score (nSPS) is 11.6. The van der Waals surface area contributed by atoms with Crippen LogP contribution in [0.15, 0.2) is 47.1 Å². The first-order valence-corrected chi connectivity index (χ1v) is 10.4. The number of primary amides is 1. The quantitative estimate of drug-likeness (QED) is 0.442. The fraction of sp³-hybridized carbons (Fsp3) is 0.238. The van der Waals surface area contributed by atoms with Crippen molar-refractivity contribution in [2.24, 2.45) is 5.73 Å². The zero-order chi connectivity index (χ0) is 23.3. The summed E-state index contributed by atoms with van der Waals surface area (Å²) in [6.45, 7) is 1.88. The molecule has 2 aromatic heterocycles. The molecule has 168 valence electrons. The van der Waals surface area contributed by atoms with E-state index < -0.39 is 17.9 Å². The Morgan fingerprint density at radius 1 is 1.25 bits per heavy atom. The number of carbonyl (C=O) groups is 3. The molecule has 0 aliphatic carbocycles. The van der Waals surface area contributed by atoms with Crippen molar-refractivity contribution >= 4 is 34.9 Å². The molecule has 0 aliphatic heterocycles. The van der Waals surface area contributed by atoms with E-state index in [-0.39, 0.29) is 35.3 Å². The van der Waals surface area contributed by atoms with Gasteiger partial charge in [0.25, 0.3) is 11.8 Å². The summed E-state index contributed by atoms with van der Waals surface area (Å²) >= 11 is 0.755. The Kier molecular flexibility index (Phi) is 7.11. The lowest BCUT2D eigenvalue weighted by atomic mass is 10.2. The number of rotatable bonds is 9. The highest BCUT2D eigenvalue weighted by Crippen LogP contribution is 2.25. The van der Waals surface area contributed by atoms with Gasteiger partial charge in [0.1, 0.15) is 22.4 Å². The minimum Gasteiger partial charge on any atom is -0.497 e. The van der Waals surface area contributed by atoms with Gasteiger partial charge in [-0.15, -0.1) is 0 Å². The fourth-order valence-corrected chi connectivity index (χ4v) is 3.70. The Bertz CT molecular complexity index is 1090. The number of nitrogens with two attached hydrogens (primary N) is 2. The van der Waals surface area contributed by atoms with Crippen molar-refractivity contribution in [3.8, 4) is 5.75 Å². The molecule has 3 amide bonds. The average Bonchev–Trinajstić information content (AvgIpc) is 3.44. The Balaban J connectivity index is 1.78. The van der Waals surface area contributed by atoms with Gasteiger partial charge in [0, 0.05) is 6.54 Å². The first-order chi connectivity index (χ1) is 15.3. The molecular formula is C21H23N5O5S. The predicted molar refractivity (Wildman–Crippen MR) is 118 cm³/mol. The molecule has 1 aromatic carbocycles. The zero-order valence-corrected chi connectivity index (χ0v) is 18.3. The van der Waals surface area contributed by atoms with Gasteiger partial charge in [-0.3, -0.25) is 14.4 Å². The summed E-state index contributed by atoms with van der Waals surface area (Å²) in [6.07, 6.45) is 1.47. The Hall–Kier alpha value is -3.86. The van der Waals surface area contributed by atoms with Crippen LogP contribution in [-0.4, -0.2) is 40.1 Å². The van der Waals surface area contributed by atoms with Crippen molar-refractivity contribution in [2.75, 3.05) is 12.8 Å². The third-order valence-corrected chi connectivity index (χ3v) is 5.65. The fourth-order valence-electron chi connectivity index (χ4n) is 2.94. The molecule has 0 radical (unpaired) electrons. The third kappa shape index (κ3) is 5.06. The summed E-state index contributed by atoms with van der Waals surface area (Å²) in [7, 11) is 1.57. The van der Waals surface area contributed by atoms with Crippen LogP contribution in [-0.2, 0) is 17.9 Å². The summed E-state index contributed by atoms with van der Waals surface area (Å²) < 4.78 is 14.3. The molecule has 0 bridgehead atoms. The molecule has 3 rings (SSSR count). The number of amides is 3. The largest absolute Gasteiger partial charge is 0.497 e. The smallest absolute Gasteiger partial charge is 0.270 e. The van der Waals surface area contributed by atoms with E-state index >= 15 is 0 Å². The molecule has 0 saturated carbocycles. The second-order valence-electron chi connectivity index (χ2n) is 6.89. The predicted octanol–water partition coefficient (Wildman–Crippen LogP) is 1.77. The number of hydrogen-bond donors (Lipinski definition) is 3. The molecule has 0 spiro atoms. The van der Waals surface area contributed by atoms with Crippen LogP contribution in [0, 0.1) is 0 Å². The number of benzene rings is 1. The van der Waals surface area contributed by atoms with Gasteiger partial charge in [-0.2, -0.15) is 4.37 Å². The van der Waals surface area contributed by atoms with Gasteiger partial charge in [-0.05, 0) is 48.3 Å². The Morgan fingerprint density at radius 3 is 2.53 bits per heavy atom. The van der Waals surface area contributed by atoms with Crippen LogP contribution < -0.4 is 21.5 Å².